The predicted octanol–water partition coefficient (Wildman–Crippen LogP) is 1.40. The highest BCUT2D eigenvalue weighted by Gasteiger charge is 1.93. The van der Waals surface area contributed by atoms with E-state index in [1.165, 1.54) is 0 Å². The number of methoxy groups -OCH3 is 1. The summed E-state index contributed by atoms with van der Waals surface area (Å²) in [6.07, 6.45) is 0.659. The lowest BCUT2D eigenvalue weighted by atomic mass is 10.2. The Labute approximate surface area is 71.4 Å². The lowest BCUT2D eigenvalue weighted by molar-refractivity contribution is -0.105. The second kappa shape index (κ2) is 4.51. The van der Waals surface area contributed by atoms with Crippen molar-refractivity contribution in [3.63, 3.8) is 0 Å². The summed E-state index contributed by atoms with van der Waals surface area (Å²) in [5.74, 6) is 0. The molecule has 0 spiro atoms. The Bertz CT molecular complexity index is 260. The first-order valence-electron chi connectivity index (χ1n) is 3.65. The van der Waals surface area contributed by atoms with Gasteiger partial charge in [0.2, 0.25) is 6.41 Å². The number of hydrogen-bond acceptors (Lipinski definition) is 2. The van der Waals surface area contributed by atoms with Crippen LogP contribution in [0.5, 0.6) is 0 Å². The van der Waals surface area contributed by atoms with Gasteiger partial charge in [0.25, 0.3) is 0 Å². The van der Waals surface area contributed by atoms with Gasteiger partial charge in [-0.1, -0.05) is 12.1 Å². The molecular weight excluding hydrogens is 154 g/mol. The van der Waals surface area contributed by atoms with E-state index >= 15 is 0 Å². The van der Waals surface area contributed by atoms with Crippen molar-refractivity contribution in [2.24, 2.45) is 0 Å². The number of carbonyl (C=O) groups is 1. The Kier molecular flexibility index (Phi) is 3.29. The van der Waals surface area contributed by atoms with Crippen LogP contribution in [0.3, 0.4) is 0 Å². The first-order valence-corrected chi connectivity index (χ1v) is 3.65. The average Bonchev–Trinajstić information content (AvgIpc) is 2.06. The summed E-state index contributed by atoms with van der Waals surface area (Å²) in [6.45, 7) is 0.564. The van der Waals surface area contributed by atoms with Gasteiger partial charge >= 0.3 is 0 Å². The van der Waals surface area contributed by atoms with E-state index in [4.69, 9.17) is 4.74 Å². The zero-order chi connectivity index (χ0) is 8.81. The molecule has 1 aromatic rings. The number of rotatable bonds is 4. The molecule has 1 N–H and O–H groups in total. The fraction of sp³-hybridized carbons (Fsp3) is 0.222. The average molecular weight is 165 g/mol. The second-order valence-electron chi connectivity index (χ2n) is 2.40. The van der Waals surface area contributed by atoms with Gasteiger partial charge in [0.15, 0.2) is 0 Å². The summed E-state index contributed by atoms with van der Waals surface area (Å²) in [4.78, 5) is 10.1. The van der Waals surface area contributed by atoms with Gasteiger partial charge in [-0.3, -0.25) is 4.79 Å². The highest BCUT2D eigenvalue weighted by atomic mass is 16.5. The third kappa shape index (κ3) is 2.36. The molecule has 0 radical (unpaired) electrons. The molecule has 0 heterocycles. The molecule has 0 aromatic heterocycles. The molecule has 1 aromatic carbocycles. The molecule has 0 saturated heterocycles. The largest absolute Gasteiger partial charge is 0.380 e. The molecular formula is C9H11NO2. The number of benzene rings is 1. The van der Waals surface area contributed by atoms with Gasteiger partial charge in [-0.05, 0) is 17.7 Å². The monoisotopic (exact) mass is 165 g/mol. The zero-order valence-electron chi connectivity index (χ0n) is 6.91. The number of nitrogens with one attached hydrogen (secondary N) is 1. The Hall–Kier alpha value is -1.35. The molecule has 0 bridgehead atoms. The summed E-state index contributed by atoms with van der Waals surface area (Å²) >= 11 is 0. The number of anilines is 1. The molecule has 0 saturated carbocycles. The minimum atomic E-state index is 0.564. The maximum Gasteiger partial charge on any atom is 0.211 e. The second-order valence-corrected chi connectivity index (χ2v) is 2.40. The van der Waals surface area contributed by atoms with Crippen molar-refractivity contribution in [3.05, 3.63) is 29.8 Å². The van der Waals surface area contributed by atoms with Crippen molar-refractivity contribution >= 4 is 12.1 Å². The van der Waals surface area contributed by atoms with Crippen molar-refractivity contribution in [2.45, 2.75) is 6.61 Å². The molecule has 0 fully saturated rings. The van der Waals surface area contributed by atoms with Crippen LogP contribution in [0.15, 0.2) is 24.3 Å². The van der Waals surface area contributed by atoms with E-state index in [1.807, 2.05) is 24.3 Å². The Balaban J connectivity index is 2.73. The van der Waals surface area contributed by atoms with E-state index in [1.54, 1.807) is 7.11 Å². The summed E-state index contributed by atoms with van der Waals surface area (Å²) in [7, 11) is 1.64. The van der Waals surface area contributed by atoms with Gasteiger partial charge in [-0.15, -0.1) is 0 Å². The van der Waals surface area contributed by atoms with Crippen LogP contribution in [0.2, 0.25) is 0 Å². The molecule has 3 heteroatoms. The third-order valence-electron chi connectivity index (χ3n) is 1.46. The number of ether oxygens (including phenoxy) is 1. The molecule has 12 heavy (non-hydrogen) atoms. The molecule has 0 unspecified atom stereocenters. The van der Waals surface area contributed by atoms with Gasteiger partial charge in [-0.2, -0.15) is 0 Å². The molecule has 1 rings (SSSR count). The standard InChI is InChI=1S/C9H11NO2/c1-12-6-8-3-2-4-9(5-8)10-7-11/h2-5,7H,6H2,1H3,(H,10,11). The van der Waals surface area contributed by atoms with E-state index in [-0.39, 0.29) is 0 Å². The first-order chi connectivity index (χ1) is 5.86. The molecule has 0 aliphatic rings. The first kappa shape index (κ1) is 8.74. The number of carbonyl (C=O) groups excluding carboxylic acids is 1. The molecule has 3 nitrogen and oxygen atoms in total. The minimum Gasteiger partial charge on any atom is -0.380 e. The molecule has 0 aliphatic carbocycles. The molecule has 0 atom stereocenters. The van der Waals surface area contributed by atoms with Crippen LogP contribution in [0.25, 0.3) is 0 Å². The van der Waals surface area contributed by atoms with Crippen LogP contribution in [0.4, 0.5) is 5.69 Å². The fourth-order valence-electron chi connectivity index (χ4n) is 0.986. The lowest BCUT2D eigenvalue weighted by Gasteiger charge is -2.02. The van der Waals surface area contributed by atoms with Gasteiger partial charge in [0.05, 0.1) is 6.61 Å². The van der Waals surface area contributed by atoms with Crippen LogP contribution in [0, 0.1) is 0 Å². The third-order valence-corrected chi connectivity index (χ3v) is 1.46. The highest BCUT2D eigenvalue weighted by molar-refractivity contribution is 5.71. The van der Waals surface area contributed by atoms with Crippen LogP contribution >= 0.6 is 0 Å². The molecule has 1 amide bonds. The molecule has 64 valence electrons. The van der Waals surface area contributed by atoms with Crippen LogP contribution in [-0.4, -0.2) is 13.5 Å². The molecule has 0 aliphatic heterocycles. The summed E-state index contributed by atoms with van der Waals surface area (Å²) < 4.78 is 4.94. The maximum absolute atomic E-state index is 10.1. The minimum absolute atomic E-state index is 0.564. The Morgan fingerprint density at radius 1 is 1.58 bits per heavy atom. The fourth-order valence-corrected chi connectivity index (χ4v) is 0.986. The topological polar surface area (TPSA) is 38.3 Å². The van der Waals surface area contributed by atoms with Crippen molar-refractivity contribution in [1.82, 2.24) is 0 Å². The smallest absolute Gasteiger partial charge is 0.211 e. The van der Waals surface area contributed by atoms with Crippen LogP contribution < -0.4 is 5.32 Å². The van der Waals surface area contributed by atoms with Crippen LogP contribution in [0.1, 0.15) is 5.56 Å². The highest BCUT2D eigenvalue weighted by Crippen LogP contribution is 2.09. The SMILES string of the molecule is COCc1cccc(NC=O)c1. The summed E-state index contributed by atoms with van der Waals surface area (Å²) in [5.41, 5.74) is 1.84. The van der Waals surface area contributed by atoms with Crippen molar-refractivity contribution < 1.29 is 9.53 Å². The summed E-state index contributed by atoms with van der Waals surface area (Å²) in [5, 5.41) is 2.57. The van der Waals surface area contributed by atoms with E-state index in [0.717, 1.165) is 11.3 Å². The zero-order valence-corrected chi connectivity index (χ0v) is 6.91. The van der Waals surface area contributed by atoms with Crippen LogP contribution in [-0.2, 0) is 16.1 Å². The maximum atomic E-state index is 10.1. The van der Waals surface area contributed by atoms with E-state index in [0.29, 0.717) is 13.0 Å². The van der Waals surface area contributed by atoms with E-state index in [2.05, 4.69) is 5.32 Å². The number of hydrogen-bond donors (Lipinski definition) is 1. The normalized spacial score (nSPS) is 9.42. The Morgan fingerprint density at radius 3 is 3.08 bits per heavy atom. The number of amides is 1. The predicted molar refractivity (Wildman–Crippen MR) is 46.8 cm³/mol. The van der Waals surface area contributed by atoms with E-state index < -0.39 is 0 Å². The van der Waals surface area contributed by atoms with Gasteiger partial charge in [0, 0.05) is 12.8 Å². The van der Waals surface area contributed by atoms with Crippen molar-refractivity contribution in [2.75, 3.05) is 12.4 Å². The van der Waals surface area contributed by atoms with Gasteiger partial charge < -0.3 is 10.1 Å². The quantitative estimate of drug-likeness (QED) is 0.685. The summed E-state index contributed by atoms with van der Waals surface area (Å²) in [6, 6.07) is 7.52. The lowest BCUT2D eigenvalue weighted by Crippen LogP contribution is -1.95. The van der Waals surface area contributed by atoms with Crippen molar-refractivity contribution in [1.29, 1.82) is 0 Å². The van der Waals surface area contributed by atoms with Crippen molar-refractivity contribution in [3.8, 4) is 0 Å². The van der Waals surface area contributed by atoms with E-state index in [9.17, 15) is 4.79 Å². The van der Waals surface area contributed by atoms with Gasteiger partial charge in [0.1, 0.15) is 0 Å². The van der Waals surface area contributed by atoms with Gasteiger partial charge in [-0.25, -0.2) is 0 Å². The Morgan fingerprint density at radius 2 is 2.42 bits per heavy atom.